The standard InChI is InChI=1S/C15H16ClF2N3O2/c1-10-13(16)9-21(20-10)8-2-7-19-14(22)11-3-5-12(6-4-11)23-15(17)18/h3-6,9,15H,2,7-8H2,1H3,(H,19,22). The summed E-state index contributed by atoms with van der Waals surface area (Å²) in [5, 5.41) is 7.58. The fourth-order valence-corrected chi connectivity index (χ4v) is 2.09. The first-order chi connectivity index (χ1) is 11.0. The Hall–Kier alpha value is -2.15. The average Bonchev–Trinajstić information content (AvgIpc) is 2.82. The zero-order valence-corrected chi connectivity index (χ0v) is 13.2. The summed E-state index contributed by atoms with van der Waals surface area (Å²) in [6.07, 6.45) is 2.43. The van der Waals surface area contributed by atoms with Gasteiger partial charge in [-0.15, -0.1) is 0 Å². The van der Waals surface area contributed by atoms with E-state index in [9.17, 15) is 13.6 Å². The molecule has 0 spiro atoms. The van der Waals surface area contributed by atoms with Crippen LogP contribution in [0.1, 0.15) is 22.5 Å². The summed E-state index contributed by atoms with van der Waals surface area (Å²) in [6, 6.07) is 5.53. The molecule has 0 aliphatic rings. The molecule has 2 aromatic rings. The maximum absolute atomic E-state index is 12.0. The number of alkyl halides is 2. The summed E-state index contributed by atoms with van der Waals surface area (Å²) >= 11 is 5.91. The number of aryl methyl sites for hydroxylation is 2. The SMILES string of the molecule is Cc1nn(CCCNC(=O)c2ccc(OC(F)F)cc2)cc1Cl. The van der Waals surface area contributed by atoms with Crippen molar-refractivity contribution < 1.29 is 18.3 Å². The number of carbonyl (C=O) groups excluding carboxylic acids is 1. The highest BCUT2D eigenvalue weighted by Gasteiger charge is 2.08. The lowest BCUT2D eigenvalue weighted by atomic mass is 10.2. The zero-order chi connectivity index (χ0) is 16.8. The third-order valence-electron chi connectivity index (χ3n) is 3.08. The van der Waals surface area contributed by atoms with E-state index in [1.54, 1.807) is 10.9 Å². The summed E-state index contributed by atoms with van der Waals surface area (Å²) in [7, 11) is 0. The molecular formula is C15H16ClF2N3O2. The van der Waals surface area contributed by atoms with Crippen molar-refractivity contribution in [2.75, 3.05) is 6.54 Å². The Balaban J connectivity index is 1.76. The number of ether oxygens (including phenoxy) is 1. The van der Waals surface area contributed by atoms with Gasteiger partial charge in [-0.1, -0.05) is 11.6 Å². The van der Waals surface area contributed by atoms with Crippen LogP contribution in [0, 0.1) is 6.92 Å². The first kappa shape index (κ1) is 17.2. The van der Waals surface area contributed by atoms with Gasteiger partial charge in [-0.2, -0.15) is 13.9 Å². The third kappa shape index (κ3) is 5.21. The van der Waals surface area contributed by atoms with Gasteiger partial charge in [0, 0.05) is 24.8 Å². The summed E-state index contributed by atoms with van der Waals surface area (Å²) in [5.41, 5.74) is 1.14. The molecule has 8 heteroatoms. The topological polar surface area (TPSA) is 56.2 Å². The molecule has 23 heavy (non-hydrogen) atoms. The molecule has 0 aliphatic heterocycles. The van der Waals surface area contributed by atoms with E-state index >= 15 is 0 Å². The van der Waals surface area contributed by atoms with Gasteiger partial charge in [0.2, 0.25) is 0 Å². The lowest BCUT2D eigenvalue weighted by Gasteiger charge is -2.07. The molecule has 0 aliphatic carbocycles. The van der Waals surface area contributed by atoms with Crippen LogP contribution in [0.5, 0.6) is 5.75 Å². The van der Waals surface area contributed by atoms with E-state index in [1.165, 1.54) is 24.3 Å². The quantitative estimate of drug-likeness (QED) is 0.785. The smallest absolute Gasteiger partial charge is 0.387 e. The van der Waals surface area contributed by atoms with Crippen LogP contribution in [-0.4, -0.2) is 28.8 Å². The molecule has 0 saturated carbocycles. The molecule has 5 nitrogen and oxygen atoms in total. The fourth-order valence-electron chi connectivity index (χ4n) is 1.94. The van der Waals surface area contributed by atoms with Crippen molar-refractivity contribution in [3.63, 3.8) is 0 Å². The van der Waals surface area contributed by atoms with E-state index in [2.05, 4.69) is 15.2 Å². The predicted molar refractivity (Wildman–Crippen MR) is 82.0 cm³/mol. The monoisotopic (exact) mass is 343 g/mol. The van der Waals surface area contributed by atoms with E-state index in [1.807, 2.05) is 6.92 Å². The van der Waals surface area contributed by atoms with Gasteiger partial charge >= 0.3 is 6.61 Å². The van der Waals surface area contributed by atoms with Crippen LogP contribution in [0.25, 0.3) is 0 Å². The van der Waals surface area contributed by atoms with Crippen molar-refractivity contribution in [3.8, 4) is 5.75 Å². The van der Waals surface area contributed by atoms with Crippen LogP contribution in [0.2, 0.25) is 5.02 Å². The van der Waals surface area contributed by atoms with E-state index < -0.39 is 6.61 Å². The minimum absolute atomic E-state index is 0.0162. The van der Waals surface area contributed by atoms with Crippen molar-refractivity contribution >= 4 is 17.5 Å². The van der Waals surface area contributed by atoms with Crippen molar-refractivity contribution in [1.82, 2.24) is 15.1 Å². The number of aromatic nitrogens is 2. The maximum Gasteiger partial charge on any atom is 0.387 e. The van der Waals surface area contributed by atoms with E-state index in [0.717, 1.165) is 5.69 Å². The Morgan fingerprint density at radius 2 is 2.09 bits per heavy atom. The molecule has 1 amide bonds. The Labute approximate surface area is 137 Å². The van der Waals surface area contributed by atoms with Crippen molar-refractivity contribution in [3.05, 3.63) is 46.7 Å². The Morgan fingerprint density at radius 1 is 1.39 bits per heavy atom. The first-order valence-corrected chi connectivity index (χ1v) is 7.36. The van der Waals surface area contributed by atoms with Gasteiger partial charge in [0.25, 0.3) is 5.91 Å². The number of rotatable bonds is 7. The van der Waals surface area contributed by atoms with Gasteiger partial charge in [-0.3, -0.25) is 9.48 Å². The van der Waals surface area contributed by atoms with E-state index in [-0.39, 0.29) is 11.7 Å². The van der Waals surface area contributed by atoms with Gasteiger partial charge in [-0.05, 0) is 37.6 Å². The van der Waals surface area contributed by atoms with Gasteiger partial charge in [-0.25, -0.2) is 0 Å². The van der Waals surface area contributed by atoms with Crippen LogP contribution >= 0.6 is 11.6 Å². The number of hydrogen-bond acceptors (Lipinski definition) is 3. The minimum atomic E-state index is -2.88. The van der Waals surface area contributed by atoms with Crippen LogP contribution < -0.4 is 10.1 Å². The number of amides is 1. The Kier molecular flexibility index (Phi) is 5.92. The molecule has 124 valence electrons. The van der Waals surface area contributed by atoms with Gasteiger partial charge < -0.3 is 10.1 Å². The largest absolute Gasteiger partial charge is 0.435 e. The summed E-state index contributed by atoms with van der Waals surface area (Å²) < 4.78 is 30.0. The zero-order valence-electron chi connectivity index (χ0n) is 12.4. The van der Waals surface area contributed by atoms with Gasteiger partial charge in [0.15, 0.2) is 0 Å². The second-order valence-electron chi connectivity index (χ2n) is 4.84. The lowest BCUT2D eigenvalue weighted by molar-refractivity contribution is -0.0498. The highest BCUT2D eigenvalue weighted by molar-refractivity contribution is 6.31. The van der Waals surface area contributed by atoms with E-state index in [0.29, 0.717) is 30.1 Å². The molecule has 0 fully saturated rings. The van der Waals surface area contributed by atoms with Gasteiger partial charge in [0.05, 0.1) is 10.7 Å². The molecule has 0 saturated heterocycles. The van der Waals surface area contributed by atoms with Gasteiger partial charge in [0.1, 0.15) is 5.75 Å². The number of halogens is 3. The molecule has 1 N–H and O–H groups in total. The number of nitrogens with one attached hydrogen (secondary N) is 1. The number of nitrogens with zero attached hydrogens (tertiary/aromatic N) is 2. The average molecular weight is 344 g/mol. The molecule has 0 unspecified atom stereocenters. The fraction of sp³-hybridized carbons (Fsp3) is 0.333. The molecule has 1 heterocycles. The second-order valence-corrected chi connectivity index (χ2v) is 5.25. The van der Waals surface area contributed by atoms with E-state index in [4.69, 9.17) is 11.6 Å². The molecule has 1 aromatic carbocycles. The molecule has 0 atom stereocenters. The Morgan fingerprint density at radius 3 is 2.65 bits per heavy atom. The summed E-state index contributed by atoms with van der Waals surface area (Å²) in [5.74, 6) is -0.259. The second kappa shape index (κ2) is 7.92. The number of carbonyl (C=O) groups is 1. The minimum Gasteiger partial charge on any atom is -0.435 e. The third-order valence-corrected chi connectivity index (χ3v) is 3.45. The van der Waals surface area contributed by atoms with Crippen molar-refractivity contribution in [1.29, 1.82) is 0 Å². The maximum atomic E-state index is 12.0. The normalized spacial score (nSPS) is 10.8. The number of hydrogen-bond donors (Lipinski definition) is 1. The van der Waals surface area contributed by atoms with Crippen LogP contribution in [0.3, 0.4) is 0 Å². The summed E-state index contributed by atoms with van der Waals surface area (Å²) in [4.78, 5) is 11.9. The van der Waals surface area contributed by atoms with Crippen molar-refractivity contribution in [2.45, 2.75) is 26.5 Å². The van der Waals surface area contributed by atoms with Crippen LogP contribution in [-0.2, 0) is 6.54 Å². The Bertz CT molecular complexity index is 640. The first-order valence-electron chi connectivity index (χ1n) is 6.98. The molecular weight excluding hydrogens is 328 g/mol. The number of benzene rings is 1. The van der Waals surface area contributed by atoms with Crippen molar-refractivity contribution in [2.24, 2.45) is 0 Å². The van der Waals surface area contributed by atoms with Crippen LogP contribution in [0.15, 0.2) is 30.5 Å². The van der Waals surface area contributed by atoms with Crippen LogP contribution in [0.4, 0.5) is 8.78 Å². The molecule has 1 aromatic heterocycles. The summed E-state index contributed by atoms with van der Waals surface area (Å²) in [6.45, 7) is 0.0379. The lowest BCUT2D eigenvalue weighted by Crippen LogP contribution is -2.25. The highest BCUT2D eigenvalue weighted by Crippen LogP contribution is 2.15. The highest BCUT2D eigenvalue weighted by atomic mass is 35.5. The molecule has 0 bridgehead atoms. The molecule has 2 rings (SSSR count). The molecule has 0 radical (unpaired) electrons. The predicted octanol–water partition coefficient (Wildman–Crippen LogP) is 3.27.